The molecule has 12 heteroatoms. The number of benzene rings is 1. The SMILES string of the molecule is CC(C)(C)OC(=O)N[C@]1(C)C(=O)NC[C@@H]1CF.C[C@H](c1ccccc1)N1C[C@H](CF)[C@](C)(NC(=O)OC(C)(C)C)C1=O. The van der Waals surface area contributed by atoms with Gasteiger partial charge >= 0.3 is 12.2 Å². The third-order valence-electron chi connectivity index (χ3n) is 7.38. The van der Waals surface area contributed by atoms with Crippen LogP contribution in [0.4, 0.5) is 18.4 Å². The number of alkyl carbamates (subject to hydrolysis) is 2. The molecule has 2 saturated heterocycles. The first kappa shape index (κ1) is 34.8. The summed E-state index contributed by atoms with van der Waals surface area (Å²) >= 11 is 0. The zero-order valence-electron chi connectivity index (χ0n) is 26.1. The zero-order chi connectivity index (χ0) is 32.1. The number of nitrogens with zero attached hydrogens (tertiary/aromatic N) is 1. The average molecular weight is 597 g/mol. The number of nitrogens with one attached hydrogen (secondary N) is 3. The van der Waals surface area contributed by atoms with Gasteiger partial charge < -0.3 is 30.3 Å². The maximum atomic E-state index is 13.6. The number of hydrogen-bond acceptors (Lipinski definition) is 6. The monoisotopic (exact) mass is 596 g/mol. The van der Waals surface area contributed by atoms with Gasteiger partial charge in [0.2, 0.25) is 11.8 Å². The Balaban J connectivity index is 0.000000317. The highest BCUT2D eigenvalue weighted by Crippen LogP contribution is 2.35. The van der Waals surface area contributed by atoms with Crippen molar-refractivity contribution < 1.29 is 37.4 Å². The molecule has 2 aliphatic heterocycles. The lowest BCUT2D eigenvalue weighted by Crippen LogP contribution is -2.56. The molecule has 0 saturated carbocycles. The molecule has 2 heterocycles. The van der Waals surface area contributed by atoms with Crippen molar-refractivity contribution in [1.29, 1.82) is 0 Å². The molecular formula is C30H46F2N4O6. The van der Waals surface area contributed by atoms with E-state index in [0.29, 0.717) is 0 Å². The van der Waals surface area contributed by atoms with Gasteiger partial charge in [0, 0.05) is 24.9 Å². The quantitative estimate of drug-likeness (QED) is 0.446. The van der Waals surface area contributed by atoms with Crippen LogP contribution in [0.2, 0.25) is 0 Å². The molecule has 2 aliphatic rings. The smallest absolute Gasteiger partial charge is 0.408 e. The number of alkyl halides is 2. The van der Waals surface area contributed by atoms with Gasteiger partial charge in [0.15, 0.2) is 0 Å². The van der Waals surface area contributed by atoms with Crippen molar-refractivity contribution in [3.05, 3.63) is 35.9 Å². The number of rotatable bonds is 6. The molecule has 0 unspecified atom stereocenters. The van der Waals surface area contributed by atoms with Gasteiger partial charge in [0.1, 0.15) is 22.3 Å². The van der Waals surface area contributed by atoms with E-state index in [4.69, 9.17) is 9.47 Å². The Kier molecular flexibility index (Phi) is 11.0. The molecule has 4 amide bonds. The molecule has 1 aromatic rings. The van der Waals surface area contributed by atoms with E-state index in [1.807, 2.05) is 37.3 Å². The van der Waals surface area contributed by atoms with Crippen LogP contribution in [0.15, 0.2) is 30.3 Å². The summed E-state index contributed by atoms with van der Waals surface area (Å²) in [5.74, 6) is -1.87. The van der Waals surface area contributed by atoms with E-state index in [2.05, 4.69) is 16.0 Å². The maximum Gasteiger partial charge on any atom is 0.408 e. The van der Waals surface area contributed by atoms with E-state index in [-0.39, 0.29) is 30.9 Å². The van der Waals surface area contributed by atoms with Gasteiger partial charge in [-0.1, -0.05) is 30.3 Å². The standard InChI is InChI=1S/C19H27FN2O3.C11H19FN2O3/c1-13(14-9-7-6-8-10-14)22-12-15(11-20)19(5,16(22)23)21-17(24)25-18(2,3)4;1-10(2,3)17-9(16)14-11(4)7(5-12)6-13-8(11)15/h6-10,13,15H,11-12H2,1-5H3,(H,21,24);7H,5-6H2,1-4H3,(H,13,15)(H,14,16)/t13-,15+,19+;7-,11-/m10/s1. The Hall–Kier alpha value is -3.44. The first-order valence-corrected chi connectivity index (χ1v) is 14.1. The van der Waals surface area contributed by atoms with Gasteiger partial charge in [-0.2, -0.15) is 0 Å². The lowest BCUT2D eigenvalue weighted by atomic mass is 9.89. The van der Waals surface area contributed by atoms with Gasteiger partial charge in [0.05, 0.1) is 19.4 Å². The Morgan fingerprint density at radius 2 is 1.40 bits per heavy atom. The van der Waals surface area contributed by atoms with Crippen LogP contribution in [0.3, 0.4) is 0 Å². The lowest BCUT2D eigenvalue weighted by Gasteiger charge is -2.31. The van der Waals surface area contributed by atoms with Crippen LogP contribution < -0.4 is 16.0 Å². The summed E-state index contributed by atoms with van der Waals surface area (Å²) in [6, 6.07) is 9.36. The zero-order valence-corrected chi connectivity index (χ0v) is 26.1. The number of hydrogen-bond donors (Lipinski definition) is 3. The normalized spacial score (nSPS) is 26.5. The molecule has 5 atom stereocenters. The molecule has 1 aromatic carbocycles. The van der Waals surface area contributed by atoms with Crippen LogP contribution in [-0.4, -0.2) is 77.6 Å². The number of halogens is 2. The predicted molar refractivity (Wildman–Crippen MR) is 154 cm³/mol. The summed E-state index contributed by atoms with van der Waals surface area (Å²) in [5.41, 5.74) is -2.93. The van der Waals surface area contributed by atoms with Gasteiger partial charge in [-0.05, 0) is 67.9 Å². The minimum atomic E-state index is -1.32. The predicted octanol–water partition coefficient (Wildman–Crippen LogP) is 4.44. The largest absolute Gasteiger partial charge is 0.444 e. The molecule has 0 aliphatic carbocycles. The Labute approximate surface area is 247 Å². The van der Waals surface area contributed by atoms with Crippen molar-refractivity contribution in [2.24, 2.45) is 11.8 Å². The molecule has 10 nitrogen and oxygen atoms in total. The molecule has 3 rings (SSSR count). The van der Waals surface area contributed by atoms with Crippen LogP contribution >= 0.6 is 0 Å². The molecule has 0 aromatic heterocycles. The fraction of sp³-hybridized carbons (Fsp3) is 0.667. The molecular weight excluding hydrogens is 550 g/mol. The highest BCUT2D eigenvalue weighted by atomic mass is 19.1. The number of likely N-dealkylation sites (tertiary alicyclic amines) is 1. The molecule has 2 fully saturated rings. The maximum absolute atomic E-state index is 13.6. The summed E-state index contributed by atoms with van der Waals surface area (Å²) in [4.78, 5) is 50.0. The second-order valence-electron chi connectivity index (χ2n) is 13.1. The van der Waals surface area contributed by atoms with E-state index in [1.165, 1.54) is 6.92 Å². The molecule has 0 bridgehead atoms. The molecule has 0 radical (unpaired) electrons. The Morgan fingerprint density at radius 3 is 1.86 bits per heavy atom. The minimum absolute atomic E-state index is 0.204. The Morgan fingerprint density at radius 1 is 0.929 bits per heavy atom. The molecule has 42 heavy (non-hydrogen) atoms. The molecule has 3 N–H and O–H groups in total. The minimum Gasteiger partial charge on any atom is -0.444 e. The second-order valence-corrected chi connectivity index (χ2v) is 13.1. The van der Waals surface area contributed by atoms with Gasteiger partial charge in [-0.15, -0.1) is 0 Å². The van der Waals surface area contributed by atoms with E-state index in [9.17, 15) is 28.0 Å². The van der Waals surface area contributed by atoms with E-state index in [1.54, 1.807) is 53.4 Å². The highest BCUT2D eigenvalue weighted by Gasteiger charge is 2.53. The summed E-state index contributed by atoms with van der Waals surface area (Å²) in [6.45, 7) is 14.4. The van der Waals surface area contributed by atoms with Crippen molar-refractivity contribution in [1.82, 2.24) is 20.9 Å². The number of carbonyl (C=O) groups is 4. The third kappa shape index (κ3) is 8.54. The van der Waals surface area contributed by atoms with E-state index in [0.717, 1.165) is 5.56 Å². The van der Waals surface area contributed by atoms with Gasteiger partial charge in [-0.3, -0.25) is 18.4 Å². The summed E-state index contributed by atoms with van der Waals surface area (Å²) in [5, 5.41) is 7.59. The number of ether oxygens (including phenoxy) is 2. The lowest BCUT2D eigenvalue weighted by molar-refractivity contribution is -0.134. The molecule has 236 valence electrons. The van der Waals surface area contributed by atoms with E-state index < -0.39 is 59.7 Å². The van der Waals surface area contributed by atoms with Crippen LogP contribution in [0.1, 0.15) is 73.9 Å². The average Bonchev–Trinajstić information content (AvgIpc) is 3.28. The fourth-order valence-corrected chi connectivity index (χ4v) is 4.77. The van der Waals surface area contributed by atoms with Crippen molar-refractivity contribution >= 4 is 24.0 Å². The van der Waals surface area contributed by atoms with Crippen molar-refractivity contribution in [2.45, 2.75) is 90.6 Å². The first-order chi connectivity index (χ1) is 19.3. The van der Waals surface area contributed by atoms with Crippen LogP contribution in [-0.2, 0) is 19.1 Å². The van der Waals surface area contributed by atoms with Crippen molar-refractivity contribution in [3.63, 3.8) is 0 Å². The topological polar surface area (TPSA) is 126 Å². The number of amides is 4. The highest BCUT2D eigenvalue weighted by molar-refractivity contribution is 5.93. The summed E-state index contributed by atoms with van der Waals surface area (Å²) in [7, 11) is 0. The van der Waals surface area contributed by atoms with Crippen molar-refractivity contribution in [2.75, 3.05) is 26.4 Å². The first-order valence-electron chi connectivity index (χ1n) is 14.1. The summed E-state index contributed by atoms with van der Waals surface area (Å²) in [6.07, 6.45) is -1.42. The molecule has 0 spiro atoms. The number of carbonyl (C=O) groups excluding carboxylic acids is 4. The fourth-order valence-electron chi connectivity index (χ4n) is 4.77. The van der Waals surface area contributed by atoms with Gasteiger partial charge in [0.25, 0.3) is 0 Å². The van der Waals surface area contributed by atoms with Crippen LogP contribution in [0.25, 0.3) is 0 Å². The Bertz CT molecular complexity index is 1120. The van der Waals surface area contributed by atoms with Crippen molar-refractivity contribution in [3.8, 4) is 0 Å². The van der Waals surface area contributed by atoms with E-state index >= 15 is 0 Å². The van der Waals surface area contributed by atoms with Crippen LogP contribution in [0, 0.1) is 11.8 Å². The van der Waals surface area contributed by atoms with Gasteiger partial charge in [-0.25, -0.2) is 9.59 Å². The second kappa shape index (κ2) is 13.2. The van der Waals surface area contributed by atoms with Crippen LogP contribution in [0.5, 0.6) is 0 Å². The summed E-state index contributed by atoms with van der Waals surface area (Å²) < 4.78 is 36.7. The third-order valence-corrected chi connectivity index (χ3v) is 7.38.